The maximum absolute atomic E-state index is 13.6. The van der Waals surface area contributed by atoms with Gasteiger partial charge in [0.25, 0.3) is 0 Å². The SMILES string of the molecule is CC(=O)N(CCNC(=O)C1CCOCC1)CCc1ccccc1F. The first-order valence-corrected chi connectivity index (χ1v) is 8.42. The first kappa shape index (κ1) is 18.4. The van der Waals surface area contributed by atoms with Crippen LogP contribution in [-0.2, 0) is 20.7 Å². The molecule has 1 aliphatic heterocycles. The number of hydrogen-bond acceptors (Lipinski definition) is 3. The molecule has 1 fully saturated rings. The lowest BCUT2D eigenvalue weighted by Crippen LogP contribution is -2.41. The minimum absolute atomic E-state index is 0.00272. The average molecular weight is 336 g/mol. The summed E-state index contributed by atoms with van der Waals surface area (Å²) in [4.78, 5) is 25.4. The van der Waals surface area contributed by atoms with Crippen molar-refractivity contribution < 1.29 is 18.7 Å². The van der Waals surface area contributed by atoms with E-state index < -0.39 is 0 Å². The van der Waals surface area contributed by atoms with Gasteiger partial charge in [0.15, 0.2) is 0 Å². The Balaban J connectivity index is 1.75. The van der Waals surface area contributed by atoms with E-state index in [0.717, 1.165) is 12.8 Å². The molecule has 1 heterocycles. The van der Waals surface area contributed by atoms with Gasteiger partial charge < -0.3 is 15.0 Å². The monoisotopic (exact) mass is 336 g/mol. The minimum Gasteiger partial charge on any atom is -0.381 e. The zero-order chi connectivity index (χ0) is 17.4. The summed E-state index contributed by atoms with van der Waals surface area (Å²) in [5.41, 5.74) is 0.593. The molecule has 0 unspecified atom stereocenters. The summed E-state index contributed by atoms with van der Waals surface area (Å²) in [6, 6.07) is 6.57. The number of halogens is 1. The molecule has 0 aliphatic carbocycles. The Bertz CT molecular complexity index is 559. The van der Waals surface area contributed by atoms with Crippen LogP contribution in [0, 0.1) is 11.7 Å². The van der Waals surface area contributed by atoms with E-state index in [9.17, 15) is 14.0 Å². The van der Waals surface area contributed by atoms with Crippen molar-refractivity contribution in [2.75, 3.05) is 32.8 Å². The first-order chi connectivity index (χ1) is 11.6. The fourth-order valence-electron chi connectivity index (χ4n) is 2.80. The van der Waals surface area contributed by atoms with Crippen molar-refractivity contribution >= 4 is 11.8 Å². The summed E-state index contributed by atoms with van der Waals surface area (Å²) in [6.07, 6.45) is 1.95. The van der Waals surface area contributed by atoms with E-state index in [1.54, 1.807) is 23.1 Å². The number of rotatable bonds is 7. The quantitative estimate of drug-likeness (QED) is 0.825. The largest absolute Gasteiger partial charge is 0.381 e. The maximum Gasteiger partial charge on any atom is 0.223 e. The molecule has 132 valence electrons. The van der Waals surface area contributed by atoms with Crippen LogP contribution in [0.25, 0.3) is 0 Å². The molecule has 5 nitrogen and oxygen atoms in total. The van der Waals surface area contributed by atoms with Crippen LogP contribution in [0.15, 0.2) is 24.3 Å². The molecule has 24 heavy (non-hydrogen) atoms. The molecule has 0 radical (unpaired) electrons. The Morgan fingerprint density at radius 2 is 1.96 bits per heavy atom. The first-order valence-electron chi connectivity index (χ1n) is 8.42. The predicted molar refractivity (Wildman–Crippen MR) is 88.9 cm³/mol. The van der Waals surface area contributed by atoms with Crippen LogP contribution in [0.3, 0.4) is 0 Å². The Kier molecular flexibility index (Phi) is 7.18. The molecule has 1 N–H and O–H groups in total. The van der Waals surface area contributed by atoms with Gasteiger partial charge in [-0.15, -0.1) is 0 Å². The summed E-state index contributed by atoms with van der Waals surface area (Å²) in [5.74, 6) is -0.306. The third-order valence-electron chi connectivity index (χ3n) is 4.33. The van der Waals surface area contributed by atoms with Crippen LogP contribution >= 0.6 is 0 Å². The molecule has 0 saturated carbocycles. The van der Waals surface area contributed by atoms with Crippen molar-refractivity contribution in [2.24, 2.45) is 5.92 Å². The number of carbonyl (C=O) groups excluding carboxylic acids is 2. The lowest BCUT2D eigenvalue weighted by molar-refractivity contribution is -0.131. The van der Waals surface area contributed by atoms with Crippen molar-refractivity contribution in [3.8, 4) is 0 Å². The van der Waals surface area contributed by atoms with Crippen LogP contribution in [0.2, 0.25) is 0 Å². The number of benzene rings is 1. The van der Waals surface area contributed by atoms with Crippen molar-refractivity contribution in [1.82, 2.24) is 10.2 Å². The molecule has 1 aliphatic rings. The second kappa shape index (κ2) is 9.37. The van der Waals surface area contributed by atoms with Crippen LogP contribution in [-0.4, -0.2) is 49.6 Å². The number of carbonyl (C=O) groups is 2. The molecule has 0 spiro atoms. The highest BCUT2D eigenvalue weighted by molar-refractivity contribution is 5.78. The molecule has 0 atom stereocenters. The molecule has 2 rings (SSSR count). The number of ether oxygens (including phenoxy) is 1. The molecule has 6 heteroatoms. The second-order valence-corrected chi connectivity index (χ2v) is 6.03. The van der Waals surface area contributed by atoms with E-state index >= 15 is 0 Å². The molecular weight excluding hydrogens is 311 g/mol. The molecule has 0 bridgehead atoms. The number of nitrogens with one attached hydrogen (secondary N) is 1. The van der Waals surface area contributed by atoms with Gasteiger partial charge in [0.2, 0.25) is 11.8 Å². The summed E-state index contributed by atoms with van der Waals surface area (Å²) in [7, 11) is 0. The van der Waals surface area contributed by atoms with Gasteiger partial charge in [0.1, 0.15) is 5.82 Å². The predicted octanol–water partition coefficient (Wildman–Crippen LogP) is 1.76. The van der Waals surface area contributed by atoms with E-state index in [1.807, 2.05) is 0 Å². The standard InChI is InChI=1S/C18H25FN2O3/c1-14(22)21(10-6-15-4-2-3-5-17(15)19)11-9-20-18(23)16-7-12-24-13-8-16/h2-5,16H,6-13H2,1H3,(H,20,23). The Morgan fingerprint density at radius 3 is 2.62 bits per heavy atom. The Labute approximate surface area is 142 Å². The minimum atomic E-state index is -0.256. The van der Waals surface area contributed by atoms with Gasteiger partial charge in [-0.2, -0.15) is 0 Å². The summed E-state index contributed by atoms with van der Waals surface area (Å²) >= 11 is 0. The van der Waals surface area contributed by atoms with E-state index in [0.29, 0.717) is 44.8 Å². The van der Waals surface area contributed by atoms with Crippen LogP contribution in [0.4, 0.5) is 4.39 Å². The highest BCUT2D eigenvalue weighted by atomic mass is 19.1. The van der Waals surface area contributed by atoms with Crippen LogP contribution in [0.5, 0.6) is 0 Å². The lowest BCUT2D eigenvalue weighted by Gasteiger charge is -2.24. The number of hydrogen-bond donors (Lipinski definition) is 1. The molecule has 1 saturated heterocycles. The van der Waals surface area contributed by atoms with E-state index in [4.69, 9.17) is 4.74 Å². The lowest BCUT2D eigenvalue weighted by atomic mass is 9.99. The third kappa shape index (κ3) is 5.60. The fourth-order valence-corrected chi connectivity index (χ4v) is 2.80. The van der Waals surface area contributed by atoms with Gasteiger partial charge in [-0.25, -0.2) is 4.39 Å². The van der Waals surface area contributed by atoms with E-state index in [-0.39, 0.29) is 23.5 Å². The zero-order valence-corrected chi connectivity index (χ0v) is 14.1. The topological polar surface area (TPSA) is 58.6 Å². The van der Waals surface area contributed by atoms with Crippen molar-refractivity contribution in [3.63, 3.8) is 0 Å². The molecule has 1 aromatic rings. The zero-order valence-electron chi connectivity index (χ0n) is 14.1. The Morgan fingerprint density at radius 1 is 1.25 bits per heavy atom. The smallest absolute Gasteiger partial charge is 0.223 e. The second-order valence-electron chi connectivity index (χ2n) is 6.03. The molecule has 0 aromatic heterocycles. The van der Waals surface area contributed by atoms with Gasteiger partial charge in [0.05, 0.1) is 0 Å². The number of nitrogens with zero attached hydrogens (tertiary/aromatic N) is 1. The average Bonchev–Trinajstić information content (AvgIpc) is 2.59. The highest BCUT2D eigenvalue weighted by Crippen LogP contribution is 2.14. The normalized spacial score (nSPS) is 15.1. The van der Waals surface area contributed by atoms with Gasteiger partial charge in [-0.05, 0) is 30.9 Å². The van der Waals surface area contributed by atoms with E-state index in [1.165, 1.54) is 13.0 Å². The van der Waals surface area contributed by atoms with Crippen LogP contribution in [0.1, 0.15) is 25.3 Å². The third-order valence-corrected chi connectivity index (χ3v) is 4.33. The fraction of sp³-hybridized carbons (Fsp3) is 0.556. The van der Waals surface area contributed by atoms with Crippen molar-refractivity contribution in [3.05, 3.63) is 35.6 Å². The summed E-state index contributed by atoms with van der Waals surface area (Å²) < 4.78 is 18.9. The Hall–Kier alpha value is -1.95. The van der Waals surface area contributed by atoms with Gasteiger partial charge >= 0.3 is 0 Å². The van der Waals surface area contributed by atoms with E-state index in [2.05, 4.69) is 5.32 Å². The molecule has 1 aromatic carbocycles. The maximum atomic E-state index is 13.6. The van der Waals surface area contributed by atoms with Gasteiger partial charge in [-0.1, -0.05) is 18.2 Å². The molecular formula is C18H25FN2O3. The van der Waals surface area contributed by atoms with Crippen molar-refractivity contribution in [1.29, 1.82) is 0 Å². The summed E-state index contributed by atoms with van der Waals surface area (Å²) in [6.45, 7) is 4.01. The summed E-state index contributed by atoms with van der Waals surface area (Å²) in [5, 5.41) is 2.88. The number of amides is 2. The van der Waals surface area contributed by atoms with Crippen molar-refractivity contribution in [2.45, 2.75) is 26.2 Å². The van der Waals surface area contributed by atoms with Crippen LogP contribution < -0.4 is 5.32 Å². The molecule has 2 amide bonds. The van der Waals surface area contributed by atoms with Gasteiger partial charge in [0, 0.05) is 45.7 Å². The van der Waals surface area contributed by atoms with Gasteiger partial charge in [-0.3, -0.25) is 9.59 Å². The highest BCUT2D eigenvalue weighted by Gasteiger charge is 2.21.